The molecule has 7 nitrogen and oxygen atoms in total. The Morgan fingerprint density at radius 2 is 2.36 bits per heavy atom. The fraction of sp³-hybridized carbons (Fsp3) is 0.857. The van der Waals surface area contributed by atoms with E-state index in [1.165, 1.54) is 7.11 Å². The van der Waals surface area contributed by atoms with Crippen molar-refractivity contribution >= 4 is 5.97 Å². The molecule has 1 rings (SSSR count). The van der Waals surface area contributed by atoms with Gasteiger partial charge in [-0.1, -0.05) is 5.11 Å². The lowest BCUT2D eigenvalue weighted by atomic mass is 10.1. The van der Waals surface area contributed by atoms with Crippen molar-refractivity contribution < 1.29 is 19.4 Å². The van der Waals surface area contributed by atoms with Crippen LogP contribution in [0.15, 0.2) is 5.11 Å². The molecule has 7 heteroatoms. The molecule has 0 aromatic carbocycles. The van der Waals surface area contributed by atoms with Gasteiger partial charge in [0.15, 0.2) is 6.10 Å². The molecule has 0 aromatic rings. The smallest absolute Gasteiger partial charge is 0.335 e. The fourth-order valence-corrected chi connectivity index (χ4v) is 1.35. The van der Waals surface area contributed by atoms with E-state index in [1.54, 1.807) is 6.92 Å². The van der Waals surface area contributed by atoms with E-state index >= 15 is 0 Å². The van der Waals surface area contributed by atoms with Crippen molar-refractivity contribution in [3.63, 3.8) is 0 Å². The largest absolute Gasteiger partial charge is 0.467 e. The normalized spacial score (nSPS) is 36.2. The Labute approximate surface area is 80.2 Å². The van der Waals surface area contributed by atoms with E-state index in [9.17, 15) is 9.90 Å². The van der Waals surface area contributed by atoms with Crippen LogP contribution >= 0.6 is 0 Å². The highest BCUT2D eigenvalue weighted by Crippen LogP contribution is 2.24. The number of azide groups is 1. The Bertz CT molecular complexity index is 276. The molecule has 1 fully saturated rings. The number of hydrogen-bond donors (Lipinski definition) is 1. The first kappa shape index (κ1) is 10.8. The van der Waals surface area contributed by atoms with Crippen LogP contribution in [0.25, 0.3) is 10.4 Å². The predicted molar refractivity (Wildman–Crippen MR) is 45.3 cm³/mol. The summed E-state index contributed by atoms with van der Waals surface area (Å²) in [6.07, 6.45) is -2.54. The van der Waals surface area contributed by atoms with E-state index in [0.29, 0.717) is 0 Å². The Balaban J connectivity index is 2.84. The molecule has 0 aliphatic carbocycles. The van der Waals surface area contributed by atoms with Gasteiger partial charge < -0.3 is 14.6 Å². The third kappa shape index (κ3) is 1.79. The number of aliphatic hydroxyl groups is 1. The summed E-state index contributed by atoms with van der Waals surface area (Å²) < 4.78 is 9.55. The maximum absolute atomic E-state index is 11.1. The standard InChI is InChI=1S/C7H11N3O4/c1-3-5(11)4(9-10-8)6(14-3)7(12)13-2/h3-6,11H,1-2H3/t3-,4+,5?,6-/m0/s1. The molecule has 4 atom stereocenters. The number of ether oxygens (including phenoxy) is 2. The van der Waals surface area contributed by atoms with Crippen molar-refractivity contribution in [2.45, 2.75) is 31.3 Å². The Morgan fingerprint density at radius 3 is 2.86 bits per heavy atom. The van der Waals surface area contributed by atoms with E-state index in [1.807, 2.05) is 0 Å². The van der Waals surface area contributed by atoms with Crippen molar-refractivity contribution in [1.82, 2.24) is 0 Å². The van der Waals surface area contributed by atoms with E-state index in [4.69, 9.17) is 10.3 Å². The Morgan fingerprint density at radius 1 is 1.71 bits per heavy atom. The Kier molecular flexibility index (Phi) is 3.29. The summed E-state index contributed by atoms with van der Waals surface area (Å²) >= 11 is 0. The number of aliphatic hydroxyl groups excluding tert-OH is 1. The second-order valence-electron chi connectivity index (χ2n) is 2.97. The van der Waals surface area contributed by atoms with Crippen LogP contribution in [0.2, 0.25) is 0 Å². The number of rotatable bonds is 2. The second-order valence-corrected chi connectivity index (χ2v) is 2.97. The molecular formula is C7H11N3O4. The SMILES string of the molecule is COC(=O)[C@H]1O[C@@H](C)C(O)[C@H]1N=[N+]=[N-]. The second kappa shape index (κ2) is 4.28. The number of nitrogens with zero attached hydrogens (tertiary/aromatic N) is 3. The zero-order chi connectivity index (χ0) is 10.7. The molecule has 1 aliphatic rings. The van der Waals surface area contributed by atoms with E-state index in [2.05, 4.69) is 14.8 Å². The van der Waals surface area contributed by atoms with Crippen LogP contribution in [0, 0.1) is 0 Å². The molecule has 0 amide bonds. The van der Waals surface area contributed by atoms with Crippen molar-refractivity contribution in [2.75, 3.05) is 7.11 Å². The number of methoxy groups -OCH3 is 1. The van der Waals surface area contributed by atoms with Crippen LogP contribution < -0.4 is 0 Å². The molecule has 1 aliphatic heterocycles. The fourth-order valence-electron chi connectivity index (χ4n) is 1.35. The van der Waals surface area contributed by atoms with Crippen LogP contribution in [0.1, 0.15) is 6.92 Å². The maximum atomic E-state index is 11.1. The van der Waals surface area contributed by atoms with Gasteiger partial charge in [0.2, 0.25) is 0 Å². The molecule has 78 valence electrons. The molecule has 0 radical (unpaired) electrons. The number of esters is 1. The molecule has 1 N–H and O–H groups in total. The van der Waals surface area contributed by atoms with Crippen molar-refractivity contribution in [2.24, 2.45) is 5.11 Å². The zero-order valence-corrected chi connectivity index (χ0v) is 7.82. The lowest BCUT2D eigenvalue weighted by Gasteiger charge is -2.11. The highest BCUT2D eigenvalue weighted by molar-refractivity contribution is 5.76. The number of hydrogen-bond acceptors (Lipinski definition) is 5. The Hall–Kier alpha value is -1.30. The molecule has 1 saturated heterocycles. The van der Waals surface area contributed by atoms with Crippen LogP contribution in [0.4, 0.5) is 0 Å². The minimum atomic E-state index is -1.01. The van der Waals surface area contributed by atoms with Gasteiger partial charge in [0.05, 0.1) is 19.3 Å². The minimum absolute atomic E-state index is 0.547. The quantitative estimate of drug-likeness (QED) is 0.293. The summed E-state index contributed by atoms with van der Waals surface area (Å²) in [4.78, 5) is 13.7. The third-order valence-electron chi connectivity index (χ3n) is 2.12. The van der Waals surface area contributed by atoms with Gasteiger partial charge in [-0.3, -0.25) is 0 Å². The van der Waals surface area contributed by atoms with Crippen LogP contribution in [0.3, 0.4) is 0 Å². The van der Waals surface area contributed by atoms with Gasteiger partial charge in [0, 0.05) is 4.91 Å². The average Bonchev–Trinajstić information content (AvgIpc) is 2.45. The molecule has 1 heterocycles. The topological polar surface area (TPSA) is 105 Å². The lowest BCUT2D eigenvalue weighted by molar-refractivity contribution is -0.153. The van der Waals surface area contributed by atoms with Gasteiger partial charge in [-0.25, -0.2) is 4.79 Å². The molecule has 0 spiro atoms. The van der Waals surface area contributed by atoms with Gasteiger partial charge in [-0.05, 0) is 12.5 Å². The summed E-state index contributed by atoms with van der Waals surface area (Å²) in [6.45, 7) is 1.59. The van der Waals surface area contributed by atoms with Crippen LogP contribution in [-0.4, -0.2) is 42.5 Å². The van der Waals surface area contributed by atoms with Gasteiger partial charge >= 0.3 is 5.97 Å². The zero-order valence-electron chi connectivity index (χ0n) is 7.82. The molecule has 14 heavy (non-hydrogen) atoms. The van der Waals surface area contributed by atoms with E-state index in [-0.39, 0.29) is 0 Å². The molecule has 0 saturated carbocycles. The number of carbonyl (C=O) groups is 1. The summed E-state index contributed by atoms with van der Waals surface area (Å²) in [5.41, 5.74) is 8.24. The van der Waals surface area contributed by atoms with Crippen LogP contribution in [0.5, 0.6) is 0 Å². The third-order valence-corrected chi connectivity index (χ3v) is 2.12. The predicted octanol–water partition coefficient (Wildman–Crippen LogP) is -0.0135. The average molecular weight is 201 g/mol. The molecule has 0 aromatic heterocycles. The van der Waals surface area contributed by atoms with Gasteiger partial charge in [0.1, 0.15) is 6.04 Å². The van der Waals surface area contributed by atoms with Gasteiger partial charge in [-0.2, -0.15) is 0 Å². The summed E-state index contributed by atoms with van der Waals surface area (Å²) in [5.74, 6) is -0.647. The molecule has 0 bridgehead atoms. The van der Waals surface area contributed by atoms with Crippen LogP contribution in [-0.2, 0) is 14.3 Å². The highest BCUT2D eigenvalue weighted by Gasteiger charge is 2.45. The van der Waals surface area contributed by atoms with Gasteiger partial charge in [0.25, 0.3) is 0 Å². The van der Waals surface area contributed by atoms with Gasteiger partial charge in [-0.15, -0.1) is 0 Å². The molecular weight excluding hydrogens is 190 g/mol. The van der Waals surface area contributed by atoms with E-state index < -0.39 is 30.3 Å². The lowest BCUT2D eigenvalue weighted by Crippen LogP contribution is -2.35. The van der Waals surface area contributed by atoms with Crippen molar-refractivity contribution in [1.29, 1.82) is 0 Å². The summed E-state index contributed by atoms with van der Waals surface area (Å²) in [7, 11) is 1.20. The summed E-state index contributed by atoms with van der Waals surface area (Å²) in [5, 5.41) is 12.8. The number of carbonyl (C=O) groups excluding carboxylic acids is 1. The first-order valence-corrected chi connectivity index (χ1v) is 4.07. The maximum Gasteiger partial charge on any atom is 0.335 e. The van der Waals surface area contributed by atoms with Crippen molar-refractivity contribution in [3.8, 4) is 0 Å². The highest BCUT2D eigenvalue weighted by atomic mass is 16.6. The summed E-state index contributed by atoms with van der Waals surface area (Å²) in [6, 6.07) is -0.914. The minimum Gasteiger partial charge on any atom is -0.467 e. The first-order valence-electron chi connectivity index (χ1n) is 4.07. The van der Waals surface area contributed by atoms with Crippen molar-refractivity contribution in [3.05, 3.63) is 10.4 Å². The van der Waals surface area contributed by atoms with E-state index in [0.717, 1.165) is 0 Å². The first-order chi connectivity index (χ1) is 6.61. The molecule has 1 unspecified atom stereocenters. The monoisotopic (exact) mass is 201 g/mol.